The fraction of sp³-hybridized carbons (Fsp3) is 0.111. The normalized spacial score (nSPS) is 9.77. The van der Waals surface area contributed by atoms with Crippen molar-refractivity contribution < 1.29 is 9.59 Å². The lowest BCUT2D eigenvalue weighted by molar-refractivity contribution is 0.101. The lowest BCUT2D eigenvalue weighted by Crippen LogP contribution is -1.97. The van der Waals surface area contributed by atoms with Crippen LogP contribution < -0.4 is 0 Å². The zero-order chi connectivity index (χ0) is 10.0. The Bertz CT molecular complexity index is 374. The lowest BCUT2D eigenvalue weighted by Gasteiger charge is -2.03. The third-order valence-electron chi connectivity index (χ3n) is 1.59. The molecule has 0 aliphatic heterocycles. The Morgan fingerprint density at radius 1 is 1.54 bits per heavy atom. The molecule has 0 saturated carbocycles. The van der Waals surface area contributed by atoms with Crippen LogP contribution in [0.3, 0.4) is 0 Å². The first kappa shape index (κ1) is 10.8. The van der Waals surface area contributed by atoms with Gasteiger partial charge in [0.2, 0.25) is 0 Å². The molecule has 0 bridgehead atoms. The fourth-order valence-electron chi connectivity index (χ4n) is 0.922. The minimum absolute atomic E-state index is 0.0118. The second-order valence-electron chi connectivity index (χ2n) is 2.53. The van der Waals surface area contributed by atoms with Gasteiger partial charge in [0, 0.05) is 19.2 Å². The molecule has 4 heteroatoms. The van der Waals surface area contributed by atoms with E-state index in [9.17, 15) is 9.59 Å². The average molecular weight is 353 g/mol. The molecule has 0 aromatic heterocycles. The number of ketones is 1. The minimum atomic E-state index is -0.0118. The summed E-state index contributed by atoms with van der Waals surface area (Å²) in [6.45, 7) is 1.50. The van der Waals surface area contributed by atoms with Crippen LogP contribution in [-0.2, 0) is 0 Å². The number of rotatable bonds is 2. The van der Waals surface area contributed by atoms with Crippen LogP contribution in [0.25, 0.3) is 0 Å². The van der Waals surface area contributed by atoms with Gasteiger partial charge in [0.05, 0.1) is 0 Å². The highest BCUT2D eigenvalue weighted by molar-refractivity contribution is 14.1. The molecule has 0 heterocycles. The molecule has 0 spiro atoms. The zero-order valence-corrected chi connectivity index (χ0v) is 10.5. The Kier molecular flexibility index (Phi) is 3.61. The van der Waals surface area contributed by atoms with Gasteiger partial charge in [-0.25, -0.2) is 0 Å². The molecule has 0 atom stereocenters. The number of Topliss-reactive ketones (excluding diaryl/α,β-unsaturated/α-hetero) is 1. The van der Waals surface area contributed by atoms with Crippen LogP contribution in [0.4, 0.5) is 0 Å². The van der Waals surface area contributed by atoms with Gasteiger partial charge in [-0.1, -0.05) is 15.9 Å². The summed E-state index contributed by atoms with van der Waals surface area (Å²) in [5.74, 6) is -0.0118. The highest BCUT2D eigenvalue weighted by Gasteiger charge is 2.08. The molecular formula is C9H6BrIO2. The summed E-state index contributed by atoms with van der Waals surface area (Å²) in [7, 11) is 0. The van der Waals surface area contributed by atoms with Crippen LogP contribution in [0.1, 0.15) is 27.6 Å². The maximum atomic E-state index is 11.1. The number of carbonyl (C=O) groups is 2. The Hall–Kier alpha value is -0.230. The van der Waals surface area contributed by atoms with Crippen molar-refractivity contribution in [1.82, 2.24) is 0 Å². The number of hydrogen-bond acceptors (Lipinski definition) is 2. The van der Waals surface area contributed by atoms with Crippen LogP contribution in [0, 0.1) is 3.57 Å². The highest BCUT2D eigenvalue weighted by Crippen LogP contribution is 2.22. The predicted octanol–water partition coefficient (Wildman–Crippen LogP) is 3.07. The van der Waals surface area contributed by atoms with Crippen LogP contribution >= 0.6 is 38.5 Å². The molecule has 1 rings (SSSR count). The van der Waals surface area contributed by atoms with Crippen molar-refractivity contribution in [3.8, 4) is 0 Å². The summed E-state index contributed by atoms with van der Waals surface area (Å²) in [4.78, 5) is 21.6. The van der Waals surface area contributed by atoms with E-state index in [1.807, 2.05) is 22.6 Å². The first-order chi connectivity index (χ1) is 6.06. The quantitative estimate of drug-likeness (QED) is 0.465. The maximum absolute atomic E-state index is 11.1. The van der Waals surface area contributed by atoms with Crippen LogP contribution in [0.2, 0.25) is 0 Å². The summed E-state index contributed by atoms with van der Waals surface area (Å²) >= 11 is 5.27. The number of benzene rings is 1. The van der Waals surface area contributed by atoms with E-state index in [0.29, 0.717) is 15.6 Å². The van der Waals surface area contributed by atoms with Gasteiger partial charge in [0.25, 0.3) is 0 Å². The van der Waals surface area contributed by atoms with Crippen LogP contribution in [0.15, 0.2) is 16.6 Å². The largest absolute Gasteiger partial charge is 0.298 e. The zero-order valence-electron chi connectivity index (χ0n) is 6.80. The Labute approximate surface area is 98.0 Å². The highest BCUT2D eigenvalue weighted by atomic mass is 127. The average Bonchev–Trinajstić information content (AvgIpc) is 2.07. The summed E-state index contributed by atoms with van der Waals surface area (Å²) in [6, 6.07) is 3.36. The molecule has 0 N–H and O–H groups in total. The van der Waals surface area contributed by atoms with Crippen molar-refractivity contribution in [2.45, 2.75) is 6.92 Å². The number of hydrogen-bond donors (Lipinski definition) is 0. The first-order valence-electron chi connectivity index (χ1n) is 3.51. The molecule has 0 amide bonds. The molecule has 0 fully saturated rings. The van der Waals surface area contributed by atoms with Crippen molar-refractivity contribution in [3.63, 3.8) is 0 Å². The molecule has 0 aliphatic rings. The fourth-order valence-corrected chi connectivity index (χ4v) is 2.16. The Balaban J connectivity index is 3.36. The van der Waals surface area contributed by atoms with Crippen molar-refractivity contribution in [2.24, 2.45) is 0 Å². The van der Waals surface area contributed by atoms with Crippen molar-refractivity contribution in [3.05, 3.63) is 31.3 Å². The van der Waals surface area contributed by atoms with Gasteiger partial charge >= 0.3 is 0 Å². The predicted molar refractivity (Wildman–Crippen MR) is 62.3 cm³/mol. The number of aldehydes is 1. The summed E-state index contributed by atoms with van der Waals surface area (Å²) in [5, 5.41) is 0. The Morgan fingerprint density at radius 3 is 2.62 bits per heavy atom. The van der Waals surface area contributed by atoms with Gasteiger partial charge in [0.1, 0.15) is 0 Å². The van der Waals surface area contributed by atoms with Gasteiger partial charge in [-0.3, -0.25) is 9.59 Å². The molecule has 0 radical (unpaired) electrons. The van der Waals surface area contributed by atoms with Crippen molar-refractivity contribution in [1.29, 1.82) is 0 Å². The van der Waals surface area contributed by atoms with Gasteiger partial charge in [-0.2, -0.15) is 0 Å². The summed E-state index contributed by atoms with van der Waals surface area (Å²) in [5.41, 5.74) is 1.20. The van der Waals surface area contributed by atoms with Crippen LogP contribution in [0.5, 0.6) is 0 Å². The van der Waals surface area contributed by atoms with Gasteiger partial charge in [-0.15, -0.1) is 0 Å². The van der Waals surface area contributed by atoms with Gasteiger partial charge in [-0.05, 0) is 41.6 Å². The van der Waals surface area contributed by atoms with Crippen molar-refractivity contribution in [2.75, 3.05) is 0 Å². The van der Waals surface area contributed by atoms with E-state index < -0.39 is 0 Å². The molecule has 2 nitrogen and oxygen atoms in total. The molecule has 1 aromatic carbocycles. The van der Waals surface area contributed by atoms with Gasteiger partial charge < -0.3 is 0 Å². The SMILES string of the molecule is CC(=O)c1cc(I)c(C=O)cc1Br. The Morgan fingerprint density at radius 2 is 2.15 bits per heavy atom. The second-order valence-corrected chi connectivity index (χ2v) is 4.54. The van der Waals surface area contributed by atoms with E-state index >= 15 is 0 Å². The standard InChI is InChI=1S/C9H6BrIO2/c1-5(13)7-3-9(11)6(4-12)2-8(7)10/h2-4H,1H3. The molecule has 0 aliphatic carbocycles. The van der Waals surface area contributed by atoms with E-state index in [4.69, 9.17) is 0 Å². The molecule has 1 aromatic rings. The van der Waals surface area contributed by atoms with E-state index in [2.05, 4.69) is 15.9 Å². The number of halogens is 2. The molecule has 0 unspecified atom stereocenters. The monoisotopic (exact) mass is 352 g/mol. The third kappa shape index (κ3) is 2.37. The van der Waals surface area contributed by atoms with E-state index in [0.717, 1.165) is 9.86 Å². The minimum Gasteiger partial charge on any atom is -0.298 e. The molecule has 68 valence electrons. The van der Waals surface area contributed by atoms with Crippen molar-refractivity contribution >= 4 is 50.6 Å². The van der Waals surface area contributed by atoms with Crippen LogP contribution in [-0.4, -0.2) is 12.1 Å². The van der Waals surface area contributed by atoms with E-state index in [1.165, 1.54) is 6.92 Å². The second kappa shape index (κ2) is 4.32. The maximum Gasteiger partial charge on any atom is 0.160 e. The van der Waals surface area contributed by atoms with E-state index in [1.54, 1.807) is 12.1 Å². The summed E-state index contributed by atoms with van der Waals surface area (Å²) < 4.78 is 1.46. The smallest absolute Gasteiger partial charge is 0.160 e. The third-order valence-corrected chi connectivity index (χ3v) is 3.18. The lowest BCUT2D eigenvalue weighted by atomic mass is 10.1. The molecule has 13 heavy (non-hydrogen) atoms. The first-order valence-corrected chi connectivity index (χ1v) is 5.38. The topological polar surface area (TPSA) is 34.1 Å². The molecule has 0 saturated heterocycles. The number of carbonyl (C=O) groups excluding carboxylic acids is 2. The summed E-state index contributed by atoms with van der Waals surface area (Å²) in [6.07, 6.45) is 0.774. The van der Waals surface area contributed by atoms with E-state index in [-0.39, 0.29) is 5.78 Å². The van der Waals surface area contributed by atoms with Gasteiger partial charge in [0.15, 0.2) is 12.1 Å². The molecular weight excluding hydrogens is 347 g/mol.